The number of hydrogen-bond donors (Lipinski definition) is 3. The van der Waals surface area contributed by atoms with Crippen molar-refractivity contribution in [2.45, 2.75) is 32.4 Å². The van der Waals surface area contributed by atoms with E-state index >= 15 is 0 Å². The lowest BCUT2D eigenvalue weighted by Gasteiger charge is -2.34. The van der Waals surface area contributed by atoms with Crippen LogP contribution in [0.4, 0.5) is 0 Å². The Bertz CT molecular complexity index is 693. The van der Waals surface area contributed by atoms with Crippen LogP contribution in [0, 0.1) is 23.7 Å². The summed E-state index contributed by atoms with van der Waals surface area (Å²) in [6, 6.07) is -1.24. The molecule has 0 spiro atoms. The molecule has 3 N–H and O–H groups in total. The largest absolute Gasteiger partial charge is 0.394 e. The smallest absolute Gasteiger partial charge is 0.243 e. The minimum absolute atomic E-state index is 0.0560. The van der Waals surface area contributed by atoms with Crippen molar-refractivity contribution in [3.8, 4) is 0 Å². The zero-order valence-corrected chi connectivity index (χ0v) is 18.8. The van der Waals surface area contributed by atoms with Crippen LogP contribution in [-0.4, -0.2) is 97.8 Å². The number of morpholine rings is 1. The number of nitrogens with zero attached hydrogens (tertiary/aromatic N) is 2. The maximum absolute atomic E-state index is 13.5. The highest BCUT2D eigenvalue weighted by Crippen LogP contribution is 2.45. The summed E-state index contributed by atoms with van der Waals surface area (Å²) >= 11 is 0. The van der Waals surface area contributed by atoms with E-state index in [-0.39, 0.29) is 30.2 Å². The van der Waals surface area contributed by atoms with Crippen molar-refractivity contribution in [2.24, 2.45) is 23.7 Å². The molecule has 2 saturated heterocycles. The number of amides is 3. The Balaban J connectivity index is 1.80. The number of aliphatic hydroxyl groups excluding tert-OH is 1. The number of hydrogen-bond acceptors (Lipinski definition) is 6. The normalized spacial score (nSPS) is 31.9. The van der Waals surface area contributed by atoms with Crippen molar-refractivity contribution in [1.82, 2.24) is 20.4 Å². The molecule has 3 aliphatic rings. The third-order valence-corrected chi connectivity index (χ3v) is 6.91. The van der Waals surface area contributed by atoms with Gasteiger partial charge in [-0.25, -0.2) is 0 Å². The zero-order chi connectivity index (χ0) is 22.5. The molecule has 0 radical (unpaired) electrons. The molecule has 0 bridgehead atoms. The van der Waals surface area contributed by atoms with Crippen molar-refractivity contribution in [2.75, 3.05) is 53.0 Å². The van der Waals surface area contributed by atoms with Crippen molar-refractivity contribution in [3.63, 3.8) is 0 Å². The number of ether oxygens (including phenoxy) is 1. The van der Waals surface area contributed by atoms with Crippen LogP contribution in [0.2, 0.25) is 0 Å². The van der Waals surface area contributed by atoms with E-state index in [0.29, 0.717) is 26.3 Å². The fourth-order valence-corrected chi connectivity index (χ4v) is 5.19. The molecule has 9 nitrogen and oxygen atoms in total. The molecule has 2 heterocycles. The molecule has 2 fully saturated rings. The van der Waals surface area contributed by atoms with E-state index in [1.165, 1.54) is 4.90 Å². The number of nitrogens with one attached hydrogen (secondary N) is 2. The Kier molecular flexibility index (Phi) is 8.07. The van der Waals surface area contributed by atoms with Crippen molar-refractivity contribution < 1.29 is 24.2 Å². The Morgan fingerprint density at radius 1 is 1.26 bits per heavy atom. The lowest BCUT2D eigenvalue weighted by molar-refractivity contribution is -0.143. The predicted octanol–water partition coefficient (Wildman–Crippen LogP) is -0.783. The quantitative estimate of drug-likeness (QED) is 0.431. The lowest BCUT2D eigenvalue weighted by Crippen LogP contribution is -2.52. The number of aliphatic hydroxyl groups is 1. The number of carbonyl (C=O) groups excluding carboxylic acids is 3. The first-order chi connectivity index (χ1) is 14.9. The van der Waals surface area contributed by atoms with E-state index in [0.717, 1.165) is 19.5 Å². The highest BCUT2D eigenvalue weighted by Gasteiger charge is 2.57. The molecule has 174 valence electrons. The number of rotatable bonds is 8. The van der Waals surface area contributed by atoms with Crippen LogP contribution in [0.5, 0.6) is 0 Å². The molecular weight excluding hydrogens is 400 g/mol. The molecule has 0 unspecified atom stereocenters. The van der Waals surface area contributed by atoms with Crippen LogP contribution in [0.15, 0.2) is 12.2 Å². The van der Waals surface area contributed by atoms with Crippen LogP contribution >= 0.6 is 0 Å². The topological polar surface area (TPSA) is 111 Å². The Morgan fingerprint density at radius 3 is 2.58 bits per heavy atom. The van der Waals surface area contributed by atoms with E-state index in [2.05, 4.69) is 15.5 Å². The van der Waals surface area contributed by atoms with Gasteiger partial charge in [0.1, 0.15) is 6.04 Å². The second kappa shape index (κ2) is 10.6. The van der Waals surface area contributed by atoms with Crippen LogP contribution in [0.3, 0.4) is 0 Å². The van der Waals surface area contributed by atoms with Gasteiger partial charge in [-0.05, 0) is 19.3 Å². The van der Waals surface area contributed by atoms with E-state index in [4.69, 9.17) is 4.74 Å². The maximum Gasteiger partial charge on any atom is 0.243 e. The second-order valence-electron chi connectivity index (χ2n) is 8.67. The molecule has 31 heavy (non-hydrogen) atoms. The molecule has 0 saturated carbocycles. The summed E-state index contributed by atoms with van der Waals surface area (Å²) in [5.41, 5.74) is 0. The van der Waals surface area contributed by atoms with Gasteiger partial charge in [0.2, 0.25) is 17.7 Å². The molecule has 3 rings (SSSR count). The minimum Gasteiger partial charge on any atom is -0.394 e. The first-order valence-corrected chi connectivity index (χ1v) is 11.3. The fraction of sp³-hybridized carbons (Fsp3) is 0.773. The van der Waals surface area contributed by atoms with E-state index in [1.807, 2.05) is 19.1 Å². The highest BCUT2D eigenvalue weighted by atomic mass is 16.5. The Morgan fingerprint density at radius 2 is 1.97 bits per heavy atom. The number of fused-ring (bicyclic) bond motifs is 1. The molecule has 1 aliphatic carbocycles. The third kappa shape index (κ3) is 4.78. The van der Waals surface area contributed by atoms with Gasteiger partial charge in [0.25, 0.3) is 0 Å². The first-order valence-electron chi connectivity index (χ1n) is 11.3. The predicted molar refractivity (Wildman–Crippen MR) is 115 cm³/mol. The summed E-state index contributed by atoms with van der Waals surface area (Å²) in [6.07, 6.45) is 4.65. The van der Waals surface area contributed by atoms with Crippen molar-refractivity contribution >= 4 is 17.7 Å². The summed E-state index contributed by atoms with van der Waals surface area (Å²) in [7, 11) is 1.58. The molecule has 6 atom stereocenters. The van der Waals surface area contributed by atoms with Gasteiger partial charge in [-0.3, -0.25) is 19.3 Å². The SMILES string of the molecule is CC[C@@H]1C=C[C@H]2[C@H](C(=O)N([C@H](C)CO)[C@@H]2C(=O)NCCN2CCOCC2)[C@@H]1C(=O)NC. The summed E-state index contributed by atoms with van der Waals surface area (Å²) in [5, 5.41) is 15.5. The molecular formula is C22H36N4O5. The van der Waals surface area contributed by atoms with Crippen LogP contribution in [-0.2, 0) is 19.1 Å². The van der Waals surface area contributed by atoms with Gasteiger partial charge in [-0.2, -0.15) is 0 Å². The van der Waals surface area contributed by atoms with Crippen LogP contribution in [0.25, 0.3) is 0 Å². The Hall–Kier alpha value is -1.97. The van der Waals surface area contributed by atoms with Gasteiger partial charge in [-0.15, -0.1) is 0 Å². The summed E-state index contributed by atoms with van der Waals surface area (Å²) in [6.45, 7) is 7.75. The lowest BCUT2D eigenvalue weighted by atomic mass is 9.69. The van der Waals surface area contributed by atoms with Gasteiger partial charge in [0, 0.05) is 39.1 Å². The van der Waals surface area contributed by atoms with Crippen molar-refractivity contribution in [3.05, 3.63) is 12.2 Å². The zero-order valence-electron chi connectivity index (χ0n) is 18.8. The van der Waals surface area contributed by atoms with Gasteiger partial charge in [0.15, 0.2) is 0 Å². The van der Waals surface area contributed by atoms with Crippen molar-refractivity contribution in [1.29, 1.82) is 0 Å². The van der Waals surface area contributed by atoms with Gasteiger partial charge >= 0.3 is 0 Å². The third-order valence-electron chi connectivity index (χ3n) is 6.91. The van der Waals surface area contributed by atoms with E-state index < -0.39 is 29.8 Å². The van der Waals surface area contributed by atoms with E-state index in [9.17, 15) is 19.5 Å². The molecule has 0 aromatic rings. The summed E-state index contributed by atoms with van der Waals surface area (Å²) in [5.74, 6) is -2.20. The maximum atomic E-state index is 13.5. The second-order valence-corrected chi connectivity index (χ2v) is 8.67. The average molecular weight is 437 g/mol. The molecule has 0 aromatic carbocycles. The summed E-state index contributed by atoms with van der Waals surface area (Å²) in [4.78, 5) is 43.2. The number of allylic oxidation sites excluding steroid dienone is 1. The van der Waals surface area contributed by atoms with Crippen LogP contribution < -0.4 is 10.6 Å². The monoisotopic (exact) mass is 436 g/mol. The highest BCUT2D eigenvalue weighted by molar-refractivity contribution is 5.97. The summed E-state index contributed by atoms with van der Waals surface area (Å²) < 4.78 is 5.35. The molecule has 0 aromatic heterocycles. The standard InChI is InChI=1S/C22H36N4O5/c1-4-15-5-6-16-18(17(15)20(28)23-3)22(30)26(14(2)13-27)19(16)21(29)24-7-8-25-9-11-31-12-10-25/h5-6,14-19,27H,4,7-13H2,1-3H3,(H,23,28)(H,24,29)/t14-,15-,16+,17-,18+,19+/m1/s1. The van der Waals surface area contributed by atoms with Gasteiger partial charge in [0.05, 0.1) is 37.7 Å². The fourth-order valence-electron chi connectivity index (χ4n) is 5.19. The number of likely N-dealkylation sites (tertiary alicyclic amines) is 1. The Labute approximate surface area is 184 Å². The molecule has 9 heteroatoms. The van der Waals surface area contributed by atoms with Gasteiger partial charge in [-0.1, -0.05) is 19.1 Å². The average Bonchev–Trinajstić information content (AvgIpc) is 3.10. The van der Waals surface area contributed by atoms with Crippen LogP contribution in [0.1, 0.15) is 20.3 Å². The molecule has 2 aliphatic heterocycles. The van der Waals surface area contributed by atoms with Gasteiger partial charge < -0.3 is 25.4 Å². The molecule has 3 amide bonds. The van der Waals surface area contributed by atoms with E-state index in [1.54, 1.807) is 14.0 Å². The first kappa shape index (κ1) is 23.7. The minimum atomic E-state index is -0.731. The number of carbonyl (C=O) groups is 3.